The van der Waals surface area contributed by atoms with Crippen molar-refractivity contribution in [3.8, 4) is 0 Å². The predicted molar refractivity (Wildman–Crippen MR) is 82.9 cm³/mol. The summed E-state index contributed by atoms with van der Waals surface area (Å²) < 4.78 is 2.13. The van der Waals surface area contributed by atoms with Crippen LogP contribution in [-0.2, 0) is 13.1 Å². The fourth-order valence-electron chi connectivity index (χ4n) is 2.42. The van der Waals surface area contributed by atoms with Gasteiger partial charge in [-0.3, -0.25) is 0 Å². The first-order valence-electron chi connectivity index (χ1n) is 6.58. The van der Waals surface area contributed by atoms with Crippen LogP contribution in [0.5, 0.6) is 0 Å². The molecule has 0 aliphatic rings. The fraction of sp³-hybridized carbons (Fsp3) is 0.188. The normalized spacial score (nSPS) is 11.2. The second kappa shape index (κ2) is 5.27. The molecular formula is C16H16ClN3. The number of rotatable bonds is 3. The zero-order valence-corrected chi connectivity index (χ0v) is 12.1. The molecule has 102 valence electrons. The summed E-state index contributed by atoms with van der Waals surface area (Å²) in [6, 6.07) is 14.1. The van der Waals surface area contributed by atoms with Gasteiger partial charge in [0, 0.05) is 5.02 Å². The number of fused-ring (bicyclic) bond motifs is 1. The quantitative estimate of drug-likeness (QED) is 0.800. The van der Waals surface area contributed by atoms with Gasteiger partial charge in [-0.15, -0.1) is 0 Å². The van der Waals surface area contributed by atoms with Gasteiger partial charge in [-0.05, 0) is 36.2 Å². The Morgan fingerprint density at radius 2 is 2.00 bits per heavy atom. The summed E-state index contributed by atoms with van der Waals surface area (Å²) in [6.45, 7) is 3.17. The van der Waals surface area contributed by atoms with Crippen LogP contribution in [-0.4, -0.2) is 9.55 Å². The van der Waals surface area contributed by atoms with E-state index in [4.69, 9.17) is 17.3 Å². The van der Waals surface area contributed by atoms with Crippen LogP contribution < -0.4 is 5.73 Å². The molecule has 1 heterocycles. The van der Waals surface area contributed by atoms with Crippen molar-refractivity contribution in [3.05, 3.63) is 64.4 Å². The van der Waals surface area contributed by atoms with Crippen LogP contribution in [0.25, 0.3) is 11.0 Å². The molecule has 0 radical (unpaired) electrons. The number of aryl methyl sites for hydroxylation is 1. The number of imidazole rings is 1. The first-order valence-corrected chi connectivity index (χ1v) is 6.96. The molecule has 0 aliphatic heterocycles. The molecule has 0 saturated heterocycles. The van der Waals surface area contributed by atoms with Crippen molar-refractivity contribution in [2.24, 2.45) is 5.73 Å². The van der Waals surface area contributed by atoms with Crippen LogP contribution in [0.15, 0.2) is 42.5 Å². The maximum atomic E-state index is 6.25. The van der Waals surface area contributed by atoms with E-state index in [1.807, 2.05) is 24.3 Å². The zero-order chi connectivity index (χ0) is 14.1. The van der Waals surface area contributed by atoms with E-state index >= 15 is 0 Å². The standard InChI is InChI=1S/C16H16ClN3/c1-11-6-7-15-14(8-11)19-16(9-18)20(15)10-12-4-2-3-5-13(12)17/h2-8H,9-10,18H2,1H3. The summed E-state index contributed by atoms with van der Waals surface area (Å²) in [6.07, 6.45) is 0. The third kappa shape index (κ3) is 2.30. The van der Waals surface area contributed by atoms with Crippen molar-refractivity contribution >= 4 is 22.6 Å². The van der Waals surface area contributed by atoms with Crippen molar-refractivity contribution in [2.45, 2.75) is 20.0 Å². The number of hydrogen-bond acceptors (Lipinski definition) is 2. The topological polar surface area (TPSA) is 43.8 Å². The molecule has 0 spiro atoms. The smallest absolute Gasteiger partial charge is 0.123 e. The molecule has 3 aromatic rings. The van der Waals surface area contributed by atoms with Crippen LogP contribution in [0.4, 0.5) is 0 Å². The minimum absolute atomic E-state index is 0.415. The van der Waals surface area contributed by atoms with Gasteiger partial charge < -0.3 is 10.3 Å². The summed E-state index contributed by atoms with van der Waals surface area (Å²) in [5, 5.41) is 0.768. The van der Waals surface area contributed by atoms with E-state index in [9.17, 15) is 0 Å². The molecule has 0 aliphatic carbocycles. The third-order valence-corrected chi connectivity index (χ3v) is 3.82. The molecule has 2 aromatic carbocycles. The Labute approximate surface area is 123 Å². The van der Waals surface area contributed by atoms with Gasteiger partial charge >= 0.3 is 0 Å². The molecule has 4 heteroatoms. The first kappa shape index (κ1) is 13.2. The number of hydrogen-bond donors (Lipinski definition) is 1. The number of halogens is 1. The average molecular weight is 286 g/mol. The summed E-state index contributed by atoms with van der Waals surface area (Å²) in [5.74, 6) is 0.880. The lowest BCUT2D eigenvalue weighted by Crippen LogP contribution is -2.09. The van der Waals surface area contributed by atoms with Crippen molar-refractivity contribution in [1.82, 2.24) is 9.55 Å². The predicted octanol–water partition coefficient (Wildman–Crippen LogP) is 3.51. The Morgan fingerprint density at radius 3 is 2.75 bits per heavy atom. The number of nitrogens with two attached hydrogens (primary N) is 1. The number of benzene rings is 2. The largest absolute Gasteiger partial charge is 0.324 e. The maximum absolute atomic E-state index is 6.25. The summed E-state index contributed by atoms with van der Waals surface area (Å²) in [5.41, 5.74) is 10.2. The lowest BCUT2D eigenvalue weighted by Gasteiger charge is -2.09. The lowest BCUT2D eigenvalue weighted by atomic mass is 10.2. The molecule has 0 amide bonds. The van der Waals surface area contributed by atoms with E-state index in [1.54, 1.807) is 0 Å². The molecule has 0 bridgehead atoms. The molecule has 20 heavy (non-hydrogen) atoms. The van der Waals surface area contributed by atoms with Gasteiger partial charge in [0.15, 0.2) is 0 Å². The van der Waals surface area contributed by atoms with Gasteiger partial charge in [-0.2, -0.15) is 0 Å². The van der Waals surface area contributed by atoms with Gasteiger partial charge in [0.05, 0.1) is 24.1 Å². The molecule has 0 unspecified atom stereocenters. The number of aromatic nitrogens is 2. The van der Waals surface area contributed by atoms with Crippen LogP contribution in [0, 0.1) is 6.92 Å². The highest BCUT2D eigenvalue weighted by Crippen LogP contribution is 2.22. The Kier molecular flexibility index (Phi) is 3.47. The average Bonchev–Trinajstić information content (AvgIpc) is 2.78. The van der Waals surface area contributed by atoms with Crippen molar-refractivity contribution in [1.29, 1.82) is 0 Å². The van der Waals surface area contributed by atoms with E-state index in [0.29, 0.717) is 13.1 Å². The molecule has 2 N–H and O–H groups in total. The highest BCUT2D eigenvalue weighted by molar-refractivity contribution is 6.31. The van der Waals surface area contributed by atoms with Gasteiger partial charge in [-0.1, -0.05) is 35.9 Å². The molecule has 3 rings (SSSR count). The minimum Gasteiger partial charge on any atom is -0.324 e. The van der Waals surface area contributed by atoms with Crippen LogP contribution in [0.2, 0.25) is 5.02 Å². The molecular weight excluding hydrogens is 270 g/mol. The molecule has 0 saturated carbocycles. The third-order valence-electron chi connectivity index (χ3n) is 3.45. The van der Waals surface area contributed by atoms with E-state index < -0.39 is 0 Å². The van der Waals surface area contributed by atoms with Gasteiger partial charge in [0.1, 0.15) is 5.82 Å². The van der Waals surface area contributed by atoms with Gasteiger partial charge in [-0.25, -0.2) is 4.98 Å². The Morgan fingerprint density at radius 1 is 1.20 bits per heavy atom. The Balaban J connectivity index is 2.12. The van der Waals surface area contributed by atoms with E-state index in [0.717, 1.165) is 27.4 Å². The summed E-state index contributed by atoms with van der Waals surface area (Å²) in [4.78, 5) is 4.61. The highest BCUT2D eigenvalue weighted by atomic mass is 35.5. The van der Waals surface area contributed by atoms with E-state index in [-0.39, 0.29) is 0 Å². The van der Waals surface area contributed by atoms with Gasteiger partial charge in [0.25, 0.3) is 0 Å². The second-order valence-corrected chi connectivity index (χ2v) is 5.31. The maximum Gasteiger partial charge on any atom is 0.123 e. The van der Waals surface area contributed by atoms with E-state index in [2.05, 4.69) is 34.7 Å². The second-order valence-electron chi connectivity index (χ2n) is 4.90. The molecule has 0 fully saturated rings. The summed E-state index contributed by atoms with van der Waals surface area (Å²) >= 11 is 6.25. The summed E-state index contributed by atoms with van der Waals surface area (Å²) in [7, 11) is 0. The van der Waals surface area contributed by atoms with Crippen LogP contribution >= 0.6 is 11.6 Å². The van der Waals surface area contributed by atoms with Crippen LogP contribution in [0.3, 0.4) is 0 Å². The molecule has 0 atom stereocenters. The van der Waals surface area contributed by atoms with Crippen LogP contribution in [0.1, 0.15) is 17.0 Å². The fourth-order valence-corrected chi connectivity index (χ4v) is 2.61. The Bertz CT molecular complexity index is 762. The van der Waals surface area contributed by atoms with Crippen molar-refractivity contribution in [2.75, 3.05) is 0 Å². The Hall–Kier alpha value is -1.84. The monoisotopic (exact) mass is 285 g/mol. The SMILES string of the molecule is Cc1ccc2c(c1)nc(CN)n2Cc1ccccc1Cl. The highest BCUT2D eigenvalue weighted by Gasteiger charge is 2.11. The minimum atomic E-state index is 0.415. The number of nitrogens with zero attached hydrogens (tertiary/aromatic N) is 2. The van der Waals surface area contributed by atoms with E-state index in [1.165, 1.54) is 5.56 Å². The molecule has 3 nitrogen and oxygen atoms in total. The van der Waals surface area contributed by atoms with Gasteiger partial charge in [0.2, 0.25) is 0 Å². The van der Waals surface area contributed by atoms with Crippen molar-refractivity contribution in [3.63, 3.8) is 0 Å². The zero-order valence-electron chi connectivity index (χ0n) is 11.3. The molecule has 1 aromatic heterocycles. The first-order chi connectivity index (χ1) is 9.69. The van der Waals surface area contributed by atoms with Crippen molar-refractivity contribution < 1.29 is 0 Å². The lowest BCUT2D eigenvalue weighted by molar-refractivity contribution is 0.744.